The number of carboxylic acid groups (broad SMARTS) is 1. The Morgan fingerprint density at radius 2 is 1.94 bits per heavy atom. The zero-order chi connectivity index (χ0) is 13.5. The van der Waals surface area contributed by atoms with E-state index in [1.54, 1.807) is 4.90 Å². The number of unbranched alkanes of at least 4 members (excludes halogenated alkanes) is 2. The van der Waals surface area contributed by atoms with Crippen molar-refractivity contribution in [1.82, 2.24) is 4.90 Å². The van der Waals surface area contributed by atoms with Gasteiger partial charge in [-0.3, -0.25) is 14.4 Å². The third kappa shape index (κ3) is 4.47. The van der Waals surface area contributed by atoms with Crippen LogP contribution in [0, 0.1) is 0 Å². The van der Waals surface area contributed by atoms with Crippen LogP contribution in [0.5, 0.6) is 0 Å². The van der Waals surface area contributed by atoms with Crippen molar-refractivity contribution in [3.8, 4) is 0 Å². The molecule has 1 amide bonds. The molecule has 0 aromatic heterocycles. The fourth-order valence-corrected chi connectivity index (χ4v) is 2.44. The van der Waals surface area contributed by atoms with Gasteiger partial charge in [-0.1, -0.05) is 12.8 Å². The molecule has 0 aliphatic carbocycles. The van der Waals surface area contributed by atoms with Gasteiger partial charge in [0.1, 0.15) is 0 Å². The second-order valence-electron chi connectivity index (χ2n) is 4.84. The van der Waals surface area contributed by atoms with Gasteiger partial charge in [0.15, 0.2) is 0 Å². The van der Waals surface area contributed by atoms with E-state index < -0.39 is 11.8 Å². The van der Waals surface area contributed by atoms with Crippen LogP contribution in [0.4, 0.5) is 0 Å². The number of carbonyl (C=O) groups excluding carboxylic acids is 2. The van der Waals surface area contributed by atoms with E-state index in [0.717, 1.165) is 32.1 Å². The first kappa shape index (κ1) is 14.7. The van der Waals surface area contributed by atoms with Gasteiger partial charge in [0.2, 0.25) is 5.78 Å². The maximum atomic E-state index is 11.6. The second-order valence-corrected chi connectivity index (χ2v) is 4.84. The minimum absolute atomic E-state index is 0.172. The van der Waals surface area contributed by atoms with Gasteiger partial charge >= 0.3 is 5.97 Å². The number of ketones is 1. The number of hydrogen-bond acceptors (Lipinski definition) is 3. The van der Waals surface area contributed by atoms with E-state index in [4.69, 9.17) is 5.11 Å². The van der Waals surface area contributed by atoms with E-state index in [-0.39, 0.29) is 18.4 Å². The molecule has 0 radical (unpaired) electrons. The summed E-state index contributed by atoms with van der Waals surface area (Å²) in [5.41, 5.74) is 0. The first-order chi connectivity index (χ1) is 8.52. The van der Waals surface area contributed by atoms with Crippen molar-refractivity contribution in [3.63, 3.8) is 0 Å². The van der Waals surface area contributed by atoms with Crippen molar-refractivity contribution in [3.05, 3.63) is 0 Å². The van der Waals surface area contributed by atoms with Gasteiger partial charge in [-0.25, -0.2) is 0 Å². The van der Waals surface area contributed by atoms with Gasteiger partial charge in [0.25, 0.3) is 5.91 Å². The lowest BCUT2D eigenvalue weighted by Gasteiger charge is -2.23. The normalized spacial score (nSPS) is 18.9. The predicted octanol–water partition coefficient (Wildman–Crippen LogP) is 1.60. The van der Waals surface area contributed by atoms with Crippen molar-refractivity contribution in [1.29, 1.82) is 0 Å². The van der Waals surface area contributed by atoms with Gasteiger partial charge in [-0.05, 0) is 25.7 Å². The lowest BCUT2D eigenvalue weighted by Crippen LogP contribution is -2.39. The van der Waals surface area contributed by atoms with E-state index in [1.165, 1.54) is 6.92 Å². The quantitative estimate of drug-likeness (QED) is 0.554. The van der Waals surface area contributed by atoms with Crippen LogP contribution in [0.25, 0.3) is 0 Å². The number of hydrogen-bond donors (Lipinski definition) is 1. The minimum Gasteiger partial charge on any atom is -0.481 e. The molecule has 0 unspecified atom stereocenters. The highest BCUT2D eigenvalue weighted by molar-refractivity contribution is 6.35. The Hall–Kier alpha value is -1.39. The van der Waals surface area contributed by atoms with Crippen LogP contribution in [0.1, 0.15) is 51.9 Å². The Kier molecular flexibility index (Phi) is 5.82. The van der Waals surface area contributed by atoms with Crippen LogP contribution in [0.15, 0.2) is 0 Å². The Morgan fingerprint density at radius 1 is 1.22 bits per heavy atom. The van der Waals surface area contributed by atoms with E-state index in [2.05, 4.69) is 0 Å². The van der Waals surface area contributed by atoms with Gasteiger partial charge < -0.3 is 10.0 Å². The maximum absolute atomic E-state index is 11.6. The van der Waals surface area contributed by atoms with Crippen LogP contribution in [0.3, 0.4) is 0 Å². The van der Waals surface area contributed by atoms with E-state index in [0.29, 0.717) is 13.0 Å². The number of likely N-dealkylation sites (tertiary alicyclic amines) is 1. The number of carbonyl (C=O) groups is 3. The third-order valence-corrected chi connectivity index (χ3v) is 3.37. The van der Waals surface area contributed by atoms with Gasteiger partial charge in [-0.2, -0.15) is 0 Å². The molecule has 1 N–H and O–H groups in total. The summed E-state index contributed by atoms with van der Waals surface area (Å²) in [5, 5.41) is 8.51. The molecule has 1 fully saturated rings. The number of amides is 1. The molecule has 5 nitrogen and oxygen atoms in total. The first-order valence-electron chi connectivity index (χ1n) is 6.55. The van der Waals surface area contributed by atoms with E-state index >= 15 is 0 Å². The summed E-state index contributed by atoms with van der Waals surface area (Å²) >= 11 is 0. The largest absolute Gasteiger partial charge is 0.481 e. The molecule has 0 aromatic rings. The molecule has 5 heteroatoms. The molecule has 1 heterocycles. The van der Waals surface area contributed by atoms with Gasteiger partial charge in [-0.15, -0.1) is 0 Å². The molecule has 0 spiro atoms. The molecule has 1 aliphatic rings. The molecule has 0 saturated carbocycles. The molecular formula is C13H21NO4. The Morgan fingerprint density at radius 3 is 2.56 bits per heavy atom. The van der Waals surface area contributed by atoms with Gasteiger partial charge in [0, 0.05) is 25.9 Å². The highest BCUT2D eigenvalue weighted by Crippen LogP contribution is 2.22. The second kappa shape index (κ2) is 7.13. The average Bonchev–Trinajstić information content (AvgIpc) is 2.75. The molecule has 18 heavy (non-hydrogen) atoms. The Labute approximate surface area is 107 Å². The van der Waals surface area contributed by atoms with Crippen LogP contribution in [-0.4, -0.2) is 40.3 Å². The van der Waals surface area contributed by atoms with Crippen molar-refractivity contribution in [2.45, 2.75) is 57.9 Å². The molecule has 1 saturated heterocycles. The van der Waals surface area contributed by atoms with E-state index in [1.807, 2.05) is 0 Å². The molecule has 0 aromatic carbocycles. The summed E-state index contributed by atoms with van der Waals surface area (Å²) in [6.07, 6.45) is 5.46. The van der Waals surface area contributed by atoms with E-state index in [9.17, 15) is 14.4 Å². The summed E-state index contributed by atoms with van der Waals surface area (Å²) in [7, 11) is 0. The van der Waals surface area contributed by atoms with Crippen molar-refractivity contribution >= 4 is 17.7 Å². The first-order valence-corrected chi connectivity index (χ1v) is 6.55. The number of Topliss-reactive ketones (excluding diaryl/α,β-unsaturated/α-hetero) is 1. The van der Waals surface area contributed by atoms with Gasteiger partial charge in [0.05, 0.1) is 0 Å². The summed E-state index contributed by atoms with van der Waals surface area (Å²) in [6, 6.07) is 0.172. The topological polar surface area (TPSA) is 74.7 Å². The molecule has 1 atom stereocenters. The molecule has 0 bridgehead atoms. The number of rotatable bonds is 7. The highest BCUT2D eigenvalue weighted by atomic mass is 16.4. The lowest BCUT2D eigenvalue weighted by molar-refractivity contribution is -0.144. The highest BCUT2D eigenvalue weighted by Gasteiger charge is 2.29. The van der Waals surface area contributed by atoms with Crippen LogP contribution >= 0.6 is 0 Å². The molecule has 102 valence electrons. The molecule has 1 aliphatic heterocycles. The average molecular weight is 255 g/mol. The lowest BCUT2D eigenvalue weighted by atomic mass is 10.0. The predicted molar refractivity (Wildman–Crippen MR) is 66.1 cm³/mol. The maximum Gasteiger partial charge on any atom is 0.303 e. The van der Waals surface area contributed by atoms with Crippen molar-refractivity contribution < 1.29 is 19.5 Å². The summed E-state index contributed by atoms with van der Waals surface area (Å²) in [4.78, 5) is 34.7. The molecule has 1 rings (SSSR count). The summed E-state index contributed by atoms with van der Waals surface area (Å²) in [6.45, 7) is 1.99. The number of carboxylic acids is 1. The zero-order valence-electron chi connectivity index (χ0n) is 10.9. The summed E-state index contributed by atoms with van der Waals surface area (Å²) in [5.74, 6) is -1.53. The van der Waals surface area contributed by atoms with Crippen LogP contribution in [-0.2, 0) is 14.4 Å². The number of aliphatic carboxylic acids is 1. The standard InChI is InChI=1S/C13H21NO4/c1-10(15)13(18)14-9-5-7-11(14)6-3-2-4-8-12(16)17/h11H,2-9H2,1H3,(H,16,17)/t11-/m0/s1. The van der Waals surface area contributed by atoms with Crippen molar-refractivity contribution in [2.24, 2.45) is 0 Å². The SMILES string of the molecule is CC(=O)C(=O)N1CCC[C@@H]1CCCCCC(=O)O. The van der Waals surface area contributed by atoms with Crippen LogP contribution in [0.2, 0.25) is 0 Å². The smallest absolute Gasteiger partial charge is 0.303 e. The zero-order valence-corrected chi connectivity index (χ0v) is 10.9. The van der Waals surface area contributed by atoms with Crippen LogP contribution < -0.4 is 0 Å². The fraction of sp³-hybridized carbons (Fsp3) is 0.769. The monoisotopic (exact) mass is 255 g/mol. The Bertz CT molecular complexity index is 327. The van der Waals surface area contributed by atoms with Crippen molar-refractivity contribution in [2.75, 3.05) is 6.54 Å². The number of nitrogens with zero attached hydrogens (tertiary/aromatic N) is 1. The summed E-state index contributed by atoms with van der Waals surface area (Å²) < 4.78 is 0. The third-order valence-electron chi connectivity index (χ3n) is 3.37. The molecular weight excluding hydrogens is 234 g/mol. The minimum atomic E-state index is -0.760. The fourth-order valence-electron chi connectivity index (χ4n) is 2.44. The Balaban J connectivity index is 2.26.